The molecule has 0 atom stereocenters. The molecule has 4 saturated carbocycles. The molecule has 1 aromatic carbocycles. The lowest BCUT2D eigenvalue weighted by atomic mass is 9.76. The summed E-state index contributed by atoms with van der Waals surface area (Å²) in [4.78, 5) is 9.47. The van der Waals surface area contributed by atoms with Gasteiger partial charge >= 0.3 is 0 Å². The highest BCUT2D eigenvalue weighted by Crippen LogP contribution is 2.49. The molecule has 4 fully saturated rings. The summed E-state index contributed by atoms with van der Waals surface area (Å²) in [5.41, 5.74) is 10.7. The smallest absolute Gasteiger partial charge is 0.177 e. The molecule has 0 amide bonds. The van der Waals surface area contributed by atoms with Gasteiger partial charge in [-0.15, -0.1) is 0 Å². The second kappa shape index (κ2) is 11.2. The van der Waals surface area contributed by atoms with Crippen LogP contribution in [-0.4, -0.2) is 10.7 Å². The maximum absolute atomic E-state index is 9.90. The third kappa shape index (κ3) is 4.87. The van der Waals surface area contributed by atoms with Crippen LogP contribution in [0.5, 0.6) is 5.75 Å². The number of nitrogens with zero attached hydrogens (tertiary/aromatic N) is 2. The van der Waals surface area contributed by atoms with Gasteiger partial charge in [-0.2, -0.15) is 5.26 Å². The Hall–Kier alpha value is -3.06. The van der Waals surface area contributed by atoms with Crippen molar-refractivity contribution in [2.24, 2.45) is 16.8 Å². The summed E-state index contributed by atoms with van der Waals surface area (Å²) in [5.74, 6) is 4.72. The first kappa shape index (κ1) is 27.8. The highest BCUT2D eigenvalue weighted by atomic mass is 16.5. The van der Waals surface area contributed by atoms with E-state index in [1.165, 1.54) is 105 Å². The van der Waals surface area contributed by atoms with Gasteiger partial charge in [0.25, 0.3) is 0 Å². The standard InChI is InChI=1S/C38H47N3O/c1-22(2)29-17-24(21-39)18-30(23(3)4)37(29)42-38(35-31(25-9-5-10-25)19-33(40-35)27-13-7-14-27)36-32(26-11-6-12-26)20-34(41-36)28-15-8-16-28/h17-20,22-23,25-28,40H,5-16H2,1-4H3/b38-36+. The molecule has 220 valence electrons. The topological polar surface area (TPSA) is 61.2 Å². The number of allylic oxidation sites excluding steroid dienone is 2. The lowest BCUT2D eigenvalue weighted by Crippen LogP contribution is -2.19. The minimum atomic E-state index is 0.233. The highest BCUT2D eigenvalue weighted by molar-refractivity contribution is 6.03. The molecule has 2 aromatic rings. The van der Waals surface area contributed by atoms with Gasteiger partial charge < -0.3 is 9.72 Å². The Labute approximate surface area is 252 Å². The zero-order valence-corrected chi connectivity index (χ0v) is 26.1. The molecule has 0 bridgehead atoms. The molecule has 4 aliphatic carbocycles. The van der Waals surface area contributed by atoms with E-state index in [2.05, 4.69) is 63.0 Å². The van der Waals surface area contributed by atoms with E-state index in [-0.39, 0.29) is 11.8 Å². The predicted octanol–water partition coefficient (Wildman–Crippen LogP) is 10.4. The van der Waals surface area contributed by atoms with Crippen molar-refractivity contribution in [2.45, 2.75) is 128 Å². The molecule has 1 N–H and O–H groups in total. The average molecular weight is 562 g/mol. The number of hydrogen-bond donors (Lipinski definition) is 1. The van der Waals surface area contributed by atoms with E-state index in [0.29, 0.717) is 29.2 Å². The summed E-state index contributed by atoms with van der Waals surface area (Å²) in [7, 11) is 0. The van der Waals surface area contributed by atoms with E-state index in [4.69, 9.17) is 9.73 Å². The lowest BCUT2D eigenvalue weighted by Gasteiger charge is -2.30. The Kier molecular flexibility index (Phi) is 7.41. The summed E-state index contributed by atoms with van der Waals surface area (Å²) in [6, 6.07) is 9.02. The zero-order chi connectivity index (χ0) is 29.0. The lowest BCUT2D eigenvalue weighted by molar-refractivity contribution is 0.370. The van der Waals surface area contributed by atoms with Gasteiger partial charge in [0.05, 0.1) is 17.3 Å². The fourth-order valence-corrected chi connectivity index (χ4v) is 7.27. The molecule has 1 aromatic heterocycles. The van der Waals surface area contributed by atoms with Crippen LogP contribution in [0.2, 0.25) is 0 Å². The molecule has 2 heterocycles. The van der Waals surface area contributed by atoms with E-state index in [9.17, 15) is 5.26 Å². The van der Waals surface area contributed by atoms with Crippen LogP contribution in [0.1, 0.15) is 162 Å². The van der Waals surface area contributed by atoms with E-state index in [1.54, 1.807) is 0 Å². The zero-order valence-electron chi connectivity index (χ0n) is 26.1. The van der Waals surface area contributed by atoms with Crippen LogP contribution in [0.15, 0.2) is 40.5 Å². The second-order valence-corrected chi connectivity index (χ2v) is 14.4. The van der Waals surface area contributed by atoms with Crippen LogP contribution in [-0.2, 0) is 0 Å². The summed E-state index contributed by atoms with van der Waals surface area (Å²) >= 11 is 0. The second-order valence-electron chi connectivity index (χ2n) is 14.4. The molecular formula is C38H47N3O. The molecule has 7 rings (SSSR count). The highest BCUT2D eigenvalue weighted by Gasteiger charge is 2.37. The van der Waals surface area contributed by atoms with Gasteiger partial charge in [0, 0.05) is 17.3 Å². The Morgan fingerprint density at radius 3 is 1.86 bits per heavy atom. The van der Waals surface area contributed by atoms with Crippen LogP contribution in [0.3, 0.4) is 0 Å². The minimum absolute atomic E-state index is 0.233. The van der Waals surface area contributed by atoms with E-state index >= 15 is 0 Å². The van der Waals surface area contributed by atoms with E-state index in [1.807, 2.05) is 0 Å². The molecule has 5 aliphatic rings. The average Bonchev–Trinajstić information content (AvgIpc) is 3.42. The number of aromatic amines is 1. The molecule has 0 spiro atoms. The monoisotopic (exact) mass is 561 g/mol. The fourth-order valence-electron chi connectivity index (χ4n) is 7.27. The van der Waals surface area contributed by atoms with Crippen LogP contribution >= 0.6 is 0 Å². The van der Waals surface area contributed by atoms with Crippen LogP contribution in [0.4, 0.5) is 0 Å². The molecule has 4 nitrogen and oxygen atoms in total. The molecule has 1 aliphatic heterocycles. The largest absolute Gasteiger partial charge is 0.452 e. The van der Waals surface area contributed by atoms with Gasteiger partial charge in [-0.25, -0.2) is 4.99 Å². The third-order valence-corrected chi connectivity index (χ3v) is 11.0. The van der Waals surface area contributed by atoms with Crippen molar-refractivity contribution in [3.8, 4) is 11.8 Å². The summed E-state index contributed by atoms with van der Waals surface area (Å²) in [5, 5.41) is 9.90. The van der Waals surface area contributed by atoms with Crippen molar-refractivity contribution in [1.82, 2.24) is 4.98 Å². The Morgan fingerprint density at radius 1 is 0.810 bits per heavy atom. The number of nitriles is 1. The first-order valence-electron chi connectivity index (χ1n) is 16.9. The van der Waals surface area contributed by atoms with E-state index < -0.39 is 0 Å². The van der Waals surface area contributed by atoms with Crippen molar-refractivity contribution in [3.05, 3.63) is 69.2 Å². The van der Waals surface area contributed by atoms with Gasteiger partial charge in [0.15, 0.2) is 5.76 Å². The van der Waals surface area contributed by atoms with Gasteiger partial charge in [0.1, 0.15) is 11.4 Å². The summed E-state index contributed by atoms with van der Waals surface area (Å²) in [6.07, 6.45) is 17.8. The molecule has 0 saturated heterocycles. The maximum Gasteiger partial charge on any atom is 0.177 e. The maximum atomic E-state index is 9.90. The summed E-state index contributed by atoms with van der Waals surface area (Å²) in [6.45, 7) is 8.86. The van der Waals surface area contributed by atoms with Crippen molar-refractivity contribution >= 4 is 11.5 Å². The van der Waals surface area contributed by atoms with Crippen molar-refractivity contribution in [2.75, 3.05) is 0 Å². The number of hydrogen-bond acceptors (Lipinski definition) is 3. The molecule has 0 radical (unpaired) electrons. The fraction of sp³-hybridized carbons (Fsp3) is 0.579. The first-order valence-corrected chi connectivity index (χ1v) is 16.9. The van der Waals surface area contributed by atoms with Gasteiger partial charge in [-0.3, -0.25) is 0 Å². The normalized spacial score (nSPS) is 22.7. The molecule has 42 heavy (non-hydrogen) atoms. The minimum Gasteiger partial charge on any atom is -0.452 e. The number of benzene rings is 1. The van der Waals surface area contributed by atoms with Gasteiger partial charge in [0.2, 0.25) is 0 Å². The Balaban J connectivity index is 1.45. The predicted molar refractivity (Wildman–Crippen MR) is 171 cm³/mol. The van der Waals surface area contributed by atoms with Gasteiger partial charge in [-0.1, -0.05) is 53.4 Å². The quantitative estimate of drug-likeness (QED) is 0.310. The molecule has 0 unspecified atom stereocenters. The number of rotatable bonds is 9. The molecule has 4 heteroatoms. The van der Waals surface area contributed by atoms with Crippen molar-refractivity contribution in [3.63, 3.8) is 0 Å². The van der Waals surface area contributed by atoms with E-state index in [0.717, 1.165) is 28.3 Å². The number of H-pyrrole nitrogens is 1. The van der Waals surface area contributed by atoms with Gasteiger partial charge in [-0.05, 0) is 127 Å². The van der Waals surface area contributed by atoms with Crippen LogP contribution in [0, 0.1) is 23.2 Å². The summed E-state index contributed by atoms with van der Waals surface area (Å²) < 4.78 is 7.39. The van der Waals surface area contributed by atoms with Crippen molar-refractivity contribution in [1.29, 1.82) is 5.26 Å². The van der Waals surface area contributed by atoms with Crippen molar-refractivity contribution < 1.29 is 4.74 Å². The third-order valence-electron chi connectivity index (χ3n) is 11.0. The number of ether oxygens (including phenoxy) is 1. The number of aromatic nitrogens is 1. The van der Waals surface area contributed by atoms with Crippen LogP contribution in [0.25, 0.3) is 5.76 Å². The van der Waals surface area contributed by atoms with Crippen LogP contribution < -0.4 is 4.74 Å². The Morgan fingerprint density at radius 2 is 1.38 bits per heavy atom. The number of aliphatic imine (C=N–C) groups is 1. The molecular weight excluding hydrogens is 514 g/mol. The number of nitrogens with one attached hydrogen (secondary N) is 1. The Bertz CT molecular complexity index is 1460. The SMILES string of the molecule is CC(C)c1cc(C#N)cc(C(C)C)c1O/C(=C1/N=C(C2CCC2)C=C1C1CCC1)c1[nH]c(C2CCC2)cc1C1CCC1. The first-order chi connectivity index (χ1) is 20.4.